The maximum absolute atomic E-state index is 10.6. The second-order valence-corrected chi connectivity index (χ2v) is 8.20. The van der Waals surface area contributed by atoms with Crippen molar-refractivity contribution in [3.05, 3.63) is 0 Å². The Labute approximate surface area is 88.3 Å². The molecule has 0 saturated carbocycles. The summed E-state index contributed by atoms with van der Waals surface area (Å²) in [5, 5.41) is 0. The van der Waals surface area contributed by atoms with Gasteiger partial charge in [-0.2, -0.15) is 0 Å². The monoisotopic (exact) mass is 355 g/mol. The van der Waals surface area contributed by atoms with E-state index in [-0.39, 0.29) is 0 Å². The standard InChI is InChI=1S/C2HBr3O.C2H4FNO/c3-2(4,5)1-6;3-1-2(4)5/h1H;1H2,(H2,4,5). The smallest absolute Gasteiger partial charge is 0.248 e. The predicted octanol–water partition coefficient (Wildman–Crippen LogP) is 1.46. The number of halogens is 4. The maximum atomic E-state index is 10.6. The Kier molecular flexibility index (Phi) is 9.17. The van der Waals surface area contributed by atoms with Gasteiger partial charge in [0.05, 0.1) is 0 Å². The molecule has 0 rings (SSSR count). The Bertz CT molecular complexity index is 136. The molecule has 2 N–H and O–H groups in total. The van der Waals surface area contributed by atoms with Crippen LogP contribution in [0.5, 0.6) is 0 Å². The molecule has 0 spiro atoms. The van der Waals surface area contributed by atoms with Crippen molar-refractivity contribution in [2.45, 2.75) is 2.14 Å². The third-order valence-electron chi connectivity index (χ3n) is 0.265. The molecule has 7 heteroatoms. The number of hydrogen-bond donors (Lipinski definition) is 1. The minimum atomic E-state index is -1.06. The Morgan fingerprint density at radius 3 is 1.73 bits per heavy atom. The minimum absolute atomic E-state index is 0.688. The lowest BCUT2D eigenvalue weighted by Crippen LogP contribution is -2.11. The Morgan fingerprint density at radius 2 is 1.73 bits per heavy atom. The van der Waals surface area contributed by atoms with Crippen molar-refractivity contribution in [1.82, 2.24) is 0 Å². The Balaban J connectivity index is 0. The van der Waals surface area contributed by atoms with Gasteiger partial charge in [0.2, 0.25) is 5.91 Å². The van der Waals surface area contributed by atoms with Crippen molar-refractivity contribution in [1.29, 1.82) is 0 Å². The van der Waals surface area contributed by atoms with Gasteiger partial charge < -0.3 is 5.73 Å². The number of primary amides is 1. The second kappa shape index (κ2) is 7.17. The Morgan fingerprint density at radius 1 is 1.55 bits per heavy atom. The third kappa shape index (κ3) is 25.1. The number of carbonyl (C=O) groups excluding carboxylic acids is 2. The first-order valence-electron chi connectivity index (χ1n) is 2.20. The average Bonchev–Trinajstić information content (AvgIpc) is 1.88. The fraction of sp³-hybridized carbons (Fsp3) is 0.500. The van der Waals surface area contributed by atoms with Gasteiger partial charge >= 0.3 is 0 Å². The fourth-order valence-corrected chi connectivity index (χ4v) is 0. The largest absolute Gasteiger partial charge is 0.367 e. The van der Waals surface area contributed by atoms with Gasteiger partial charge in [-0.25, -0.2) is 4.39 Å². The second-order valence-electron chi connectivity index (χ2n) is 1.26. The van der Waals surface area contributed by atoms with Crippen LogP contribution in [0.2, 0.25) is 0 Å². The van der Waals surface area contributed by atoms with Crippen LogP contribution in [0.1, 0.15) is 0 Å². The van der Waals surface area contributed by atoms with Gasteiger partial charge in [-0.15, -0.1) is 0 Å². The van der Waals surface area contributed by atoms with Gasteiger partial charge in [-0.3, -0.25) is 9.59 Å². The SMILES string of the molecule is NC(=O)CF.O=CC(Br)(Br)Br. The maximum Gasteiger partial charge on any atom is 0.248 e. The highest BCUT2D eigenvalue weighted by Gasteiger charge is 2.13. The van der Waals surface area contributed by atoms with Gasteiger partial charge in [0, 0.05) is 0 Å². The zero-order chi connectivity index (χ0) is 9.49. The van der Waals surface area contributed by atoms with Crippen molar-refractivity contribution < 1.29 is 14.0 Å². The number of alkyl halides is 4. The van der Waals surface area contributed by atoms with E-state index in [9.17, 15) is 14.0 Å². The van der Waals surface area contributed by atoms with Gasteiger partial charge in [0.1, 0.15) is 0 Å². The number of amides is 1. The first-order chi connectivity index (χ1) is 4.83. The molecule has 0 aliphatic heterocycles. The lowest BCUT2D eigenvalue weighted by atomic mass is 10.7. The lowest BCUT2D eigenvalue weighted by molar-refractivity contribution is -0.118. The number of hydrogen-bond acceptors (Lipinski definition) is 2. The first-order valence-corrected chi connectivity index (χ1v) is 4.58. The molecule has 3 nitrogen and oxygen atoms in total. The average molecular weight is 358 g/mol. The highest BCUT2D eigenvalue weighted by Crippen LogP contribution is 2.29. The molecule has 0 aromatic carbocycles. The van der Waals surface area contributed by atoms with E-state index in [1.54, 1.807) is 0 Å². The summed E-state index contributed by atoms with van der Waals surface area (Å²) in [6.07, 6.45) is 0.688. The van der Waals surface area contributed by atoms with E-state index in [0.29, 0.717) is 6.29 Å². The van der Waals surface area contributed by atoms with Crippen LogP contribution in [0.15, 0.2) is 0 Å². The van der Waals surface area contributed by atoms with E-state index in [4.69, 9.17) is 0 Å². The molecule has 0 radical (unpaired) electrons. The van der Waals surface area contributed by atoms with Crippen LogP contribution in [0.4, 0.5) is 4.39 Å². The van der Waals surface area contributed by atoms with Crippen LogP contribution < -0.4 is 5.73 Å². The summed E-state index contributed by atoms with van der Waals surface area (Å²) < 4.78 is 9.94. The van der Waals surface area contributed by atoms with Gasteiger partial charge in [0.25, 0.3) is 0 Å². The normalized spacial score (nSPS) is 9.45. The quantitative estimate of drug-likeness (QED) is 0.570. The predicted molar refractivity (Wildman–Crippen MR) is 50.7 cm³/mol. The summed E-state index contributed by atoms with van der Waals surface area (Å²) >= 11 is 8.83. The number of carbonyl (C=O) groups is 2. The minimum Gasteiger partial charge on any atom is -0.367 e. The lowest BCUT2D eigenvalue weighted by Gasteiger charge is -1.95. The number of aldehydes is 1. The molecule has 1 amide bonds. The molecule has 0 aromatic rings. The number of nitrogens with two attached hydrogens (primary N) is 1. The van der Waals surface area contributed by atoms with E-state index in [2.05, 4.69) is 53.5 Å². The van der Waals surface area contributed by atoms with Crippen molar-refractivity contribution in [2.75, 3.05) is 6.67 Å². The zero-order valence-electron chi connectivity index (χ0n) is 5.19. The Hall–Kier alpha value is 0.510. The highest BCUT2D eigenvalue weighted by atomic mass is 80.0. The molecule has 66 valence electrons. The molecule has 0 atom stereocenters. The van der Waals surface area contributed by atoms with Gasteiger partial charge in [-0.1, -0.05) is 47.8 Å². The van der Waals surface area contributed by atoms with Crippen LogP contribution in [-0.2, 0) is 9.59 Å². The van der Waals surface area contributed by atoms with Crippen LogP contribution in [0.3, 0.4) is 0 Å². The summed E-state index contributed by atoms with van der Waals surface area (Å²) in [6.45, 7) is -1.06. The van der Waals surface area contributed by atoms with E-state index < -0.39 is 14.7 Å². The number of rotatable bonds is 1. The zero-order valence-corrected chi connectivity index (χ0v) is 9.95. The summed E-state index contributed by atoms with van der Waals surface area (Å²) in [4.78, 5) is 18.9. The molecule has 0 fully saturated rings. The summed E-state index contributed by atoms with van der Waals surface area (Å²) in [6, 6.07) is 0. The molecule has 0 aliphatic rings. The van der Waals surface area contributed by atoms with Crippen molar-refractivity contribution in [2.24, 2.45) is 5.73 Å². The third-order valence-corrected chi connectivity index (χ3v) is 0.826. The molecular formula is C4H5Br3FNO2. The molecular weight excluding hydrogens is 353 g/mol. The van der Waals surface area contributed by atoms with E-state index in [1.165, 1.54) is 0 Å². The van der Waals surface area contributed by atoms with Crippen LogP contribution >= 0.6 is 47.8 Å². The molecule has 0 unspecified atom stereocenters. The van der Waals surface area contributed by atoms with Crippen molar-refractivity contribution in [3.8, 4) is 0 Å². The van der Waals surface area contributed by atoms with Crippen LogP contribution in [0, 0.1) is 0 Å². The molecule has 11 heavy (non-hydrogen) atoms. The highest BCUT2D eigenvalue weighted by molar-refractivity contribution is 9.40. The molecule has 0 bridgehead atoms. The molecule has 0 heterocycles. The molecule has 0 saturated heterocycles. The molecule has 0 aliphatic carbocycles. The van der Waals surface area contributed by atoms with E-state index >= 15 is 0 Å². The van der Waals surface area contributed by atoms with E-state index in [1.807, 2.05) is 0 Å². The van der Waals surface area contributed by atoms with Crippen LogP contribution in [0.25, 0.3) is 0 Å². The van der Waals surface area contributed by atoms with Crippen LogP contribution in [-0.4, -0.2) is 21.0 Å². The fourth-order valence-electron chi connectivity index (χ4n) is 0. The summed E-state index contributed by atoms with van der Waals surface area (Å²) in [7, 11) is 0. The summed E-state index contributed by atoms with van der Waals surface area (Å²) in [5.41, 5.74) is 4.28. The topological polar surface area (TPSA) is 60.2 Å². The molecule has 0 aromatic heterocycles. The van der Waals surface area contributed by atoms with E-state index in [0.717, 1.165) is 0 Å². The van der Waals surface area contributed by atoms with Crippen molar-refractivity contribution in [3.63, 3.8) is 0 Å². The van der Waals surface area contributed by atoms with Crippen molar-refractivity contribution >= 4 is 60.0 Å². The summed E-state index contributed by atoms with van der Waals surface area (Å²) in [5.74, 6) is -0.912. The van der Waals surface area contributed by atoms with Gasteiger partial charge in [0.15, 0.2) is 15.1 Å². The van der Waals surface area contributed by atoms with Gasteiger partial charge in [-0.05, 0) is 0 Å². The first kappa shape index (κ1) is 14.1.